The van der Waals surface area contributed by atoms with Gasteiger partial charge in [0.15, 0.2) is 0 Å². The Balaban J connectivity index is 3.54. The molecule has 0 aliphatic heterocycles. The number of rotatable bonds is 1. The zero-order valence-corrected chi connectivity index (χ0v) is 7.65. The van der Waals surface area contributed by atoms with Crippen molar-refractivity contribution in [3.05, 3.63) is 34.6 Å². The molecule has 0 fully saturated rings. The summed E-state index contributed by atoms with van der Waals surface area (Å²) in [4.78, 5) is 10.7. The van der Waals surface area contributed by atoms with Crippen LogP contribution in [0.5, 0.6) is 0 Å². The minimum atomic E-state index is -4.79. The maximum absolute atomic E-state index is 13.1. The number of nitrogens with two attached hydrogens (primary N) is 1. The molecule has 82 valence electrons. The molecule has 0 bridgehead atoms. The van der Waals surface area contributed by atoms with Crippen LogP contribution < -0.4 is 5.73 Å². The second kappa shape index (κ2) is 3.52. The van der Waals surface area contributed by atoms with E-state index in [1.54, 1.807) is 0 Å². The fourth-order valence-corrected chi connectivity index (χ4v) is 1.22. The van der Waals surface area contributed by atoms with Gasteiger partial charge in [-0.05, 0) is 24.6 Å². The number of halogens is 4. The van der Waals surface area contributed by atoms with Crippen molar-refractivity contribution in [1.82, 2.24) is 0 Å². The number of primary amides is 1. The number of carbonyl (C=O) groups excluding carboxylic acids is 1. The van der Waals surface area contributed by atoms with E-state index in [9.17, 15) is 22.4 Å². The van der Waals surface area contributed by atoms with Crippen LogP contribution in [-0.2, 0) is 6.18 Å². The van der Waals surface area contributed by atoms with Crippen LogP contribution in [0, 0.1) is 12.7 Å². The van der Waals surface area contributed by atoms with E-state index in [0.717, 1.165) is 6.07 Å². The van der Waals surface area contributed by atoms with Crippen LogP contribution in [0.25, 0.3) is 0 Å². The van der Waals surface area contributed by atoms with Crippen LogP contribution in [-0.4, -0.2) is 5.91 Å². The Morgan fingerprint density at radius 1 is 1.33 bits per heavy atom. The molecule has 0 heterocycles. The second-order valence-electron chi connectivity index (χ2n) is 3.03. The Kier molecular flexibility index (Phi) is 2.70. The van der Waals surface area contributed by atoms with Gasteiger partial charge in [0, 0.05) is 0 Å². The van der Waals surface area contributed by atoms with Crippen molar-refractivity contribution in [1.29, 1.82) is 0 Å². The number of alkyl halides is 3. The van der Waals surface area contributed by atoms with Gasteiger partial charge >= 0.3 is 6.18 Å². The Labute approximate surface area is 82.7 Å². The molecule has 1 aromatic rings. The van der Waals surface area contributed by atoms with Crippen LogP contribution in [0.1, 0.15) is 21.5 Å². The first kappa shape index (κ1) is 11.5. The quantitative estimate of drug-likeness (QED) is 0.726. The van der Waals surface area contributed by atoms with Gasteiger partial charge in [0.2, 0.25) is 0 Å². The largest absolute Gasteiger partial charge is 0.417 e. The Hall–Kier alpha value is -1.59. The van der Waals surface area contributed by atoms with Gasteiger partial charge in [0.05, 0.1) is 11.1 Å². The molecular weight excluding hydrogens is 214 g/mol. The van der Waals surface area contributed by atoms with Gasteiger partial charge in [-0.1, -0.05) is 0 Å². The summed E-state index contributed by atoms with van der Waals surface area (Å²) in [6.07, 6.45) is -4.79. The summed E-state index contributed by atoms with van der Waals surface area (Å²) in [5.41, 5.74) is 2.30. The highest BCUT2D eigenvalue weighted by Gasteiger charge is 2.36. The normalized spacial score (nSPS) is 11.5. The van der Waals surface area contributed by atoms with Gasteiger partial charge in [-0.25, -0.2) is 4.39 Å². The molecule has 1 amide bonds. The maximum atomic E-state index is 13.1. The molecule has 0 saturated heterocycles. The highest BCUT2D eigenvalue weighted by molar-refractivity contribution is 5.94. The summed E-state index contributed by atoms with van der Waals surface area (Å²) in [6, 6.07) is 1.51. The molecule has 6 heteroatoms. The minimum Gasteiger partial charge on any atom is -0.365 e. The fourth-order valence-electron chi connectivity index (χ4n) is 1.22. The van der Waals surface area contributed by atoms with E-state index in [1.807, 2.05) is 0 Å². The number of benzene rings is 1. The molecule has 0 aliphatic carbocycles. The van der Waals surface area contributed by atoms with Gasteiger partial charge < -0.3 is 5.73 Å². The highest BCUT2D eigenvalue weighted by atomic mass is 19.4. The average Bonchev–Trinajstić information content (AvgIpc) is 1.99. The topological polar surface area (TPSA) is 43.1 Å². The first-order chi connectivity index (χ1) is 6.73. The van der Waals surface area contributed by atoms with Crippen molar-refractivity contribution < 1.29 is 22.4 Å². The molecule has 1 aromatic carbocycles. The predicted octanol–water partition coefficient (Wildman–Crippen LogP) is 2.25. The molecule has 0 unspecified atom stereocenters. The Morgan fingerprint density at radius 3 is 2.27 bits per heavy atom. The molecule has 0 aliphatic rings. The molecule has 0 atom stereocenters. The zero-order valence-electron chi connectivity index (χ0n) is 7.65. The van der Waals surface area contributed by atoms with Crippen molar-refractivity contribution >= 4 is 5.91 Å². The zero-order chi connectivity index (χ0) is 11.8. The lowest BCUT2D eigenvalue weighted by molar-refractivity contribution is -0.138. The third kappa shape index (κ3) is 2.26. The summed E-state index contributed by atoms with van der Waals surface area (Å²) in [6.45, 7) is 1.29. The van der Waals surface area contributed by atoms with E-state index >= 15 is 0 Å². The van der Waals surface area contributed by atoms with Crippen LogP contribution >= 0.6 is 0 Å². The second-order valence-corrected chi connectivity index (χ2v) is 3.03. The van der Waals surface area contributed by atoms with Gasteiger partial charge in [-0.2, -0.15) is 13.2 Å². The molecule has 0 radical (unpaired) electrons. The van der Waals surface area contributed by atoms with Crippen LogP contribution in [0.15, 0.2) is 12.1 Å². The number of carbonyl (C=O) groups is 1. The predicted molar refractivity (Wildman–Crippen MR) is 44.7 cm³/mol. The van der Waals surface area contributed by atoms with Crippen molar-refractivity contribution in [3.63, 3.8) is 0 Å². The Bertz CT molecular complexity index is 411. The maximum Gasteiger partial charge on any atom is 0.417 e. The number of aryl methyl sites for hydroxylation is 1. The lowest BCUT2D eigenvalue weighted by Crippen LogP contribution is -2.21. The van der Waals surface area contributed by atoms with Crippen LogP contribution in [0.3, 0.4) is 0 Å². The molecule has 15 heavy (non-hydrogen) atoms. The van der Waals surface area contributed by atoms with E-state index in [0.29, 0.717) is 6.07 Å². The molecule has 0 saturated carbocycles. The molecular formula is C9H7F4NO. The SMILES string of the molecule is Cc1cc(F)c(C(N)=O)c(C(F)(F)F)c1. The summed E-state index contributed by atoms with van der Waals surface area (Å²) >= 11 is 0. The molecule has 2 N–H and O–H groups in total. The van der Waals surface area contributed by atoms with Crippen molar-refractivity contribution in [2.24, 2.45) is 5.73 Å². The van der Waals surface area contributed by atoms with Crippen LogP contribution in [0.2, 0.25) is 0 Å². The van der Waals surface area contributed by atoms with Gasteiger partial charge in [0.25, 0.3) is 5.91 Å². The molecule has 0 spiro atoms. The summed E-state index contributed by atoms with van der Waals surface area (Å²) in [7, 11) is 0. The first-order valence-corrected chi connectivity index (χ1v) is 3.90. The van der Waals surface area contributed by atoms with E-state index in [1.165, 1.54) is 6.92 Å². The van der Waals surface area contributed by atoms with E-state index < -0.39 is 29.0 Å². The summed E-state index contributed by atoms with van der Waals surface area (Å²) in [5.74, 6) is -2.69. The smallest absolute Gasteiger partial charge is 0.365 e. The average molecular weight is 221 g/mol. The van der Waals surface area contributed by atoms with E-state index in [2.05, 4.69) is 5.73 Å². The van der Waals surface area contributed by atoms with Crippen molar-refractivity contribution in [3.8, 4) is 0 Å². The molecule has 1 rings (SSSR count). The van der Waals surface area contributed by atoms with Gasteiger partial charge in [-0.15, -0.1) is 0 Å². The minimum absolute atomic E-state index is 0.0739. The molecule has 0 aromatic heterocycles. The fraction of sp³-hybridized carbons (Fsp3) is 0.222. The van der Waals surface area contributed by atoms with Crippen molar-refractivity contribution in [2.45, 2.75) is 13.1 Å². The van der Waals surface area contributed by atoms with Crippen LogP contribution in [0.4, 0.5) is 17.6 Å². The Morgan fingerprint density at radius 2 is 1.87 bits per heavy atom. The lowest BCUT2D eigenvalue weighted by atomic mass is 10.0. The first-order valence-electron chi connectivity index (χ1n) is 3.90. The summed E-state index contributed by atoms with van der Waals surface area (Å²) < 4.78 is 50.3. The van der Waals surface area contributed by atoms with E-state index in [-0.39, 0.29) is 5.56 Å². The standard InChI is InChI=1S/C9H7F4NO/c1-4-2-5(9(11,12)13)7(8(14)15)6(10)3-4/h2-3H,1H3,(H2,14,15). The monoisotopic (exact) mass is 221 g/mol. The van der Waals surface area contributed by atoms with Crippen molar-refractivity contribution in [2.75, 3.05) is 0 Å². The van der Waals surface area contributed by atoms with Gasteiger partial charge in [0.1, 0.15) is 5.82 Å². The van der Waals surface area contributed by atoms with E-state index in [4.69, 9.17) is 0 Å². The third-order valence-electron chi connectivity index (χ3n) is 1.79. The summed E-state index contributed by atoms with van der Waals surface area (Å²) in [5, 5.41) is 0. The highest BCUT2D eigenvalue weighted by Crippen LogP contribution is 2.33. The molecule has 2 nitrogen and oxygen atoms in total. The number of hydrogen-bond acceptors (Lipinski definition) is 1. The van der Waals surface area contributed by atoms with Gasteiger partial charge in [-0.3, -0.25) is 4.79 Å². The third-order valence-corrected chi connectivity index (χ3v) is 1.79. The number of hydrogen-bond donors (Lipinski definition) is 1. The number of amides is 1. The lowest BCUT2D eigenvalue weighted by Gasteiger charge is -2.12.